The summed E-state index contributed by atoms with van der Waals surface area (Å²) >= 11 is 0. The molecule has 6 heteroatoms. The average molecular weight is 389 g/mol. The summed E-state index contributed by atoms with van der Waals surface area (Å²) in [6, 6.07) is 18.2. The second kappa shape index (κ2) is 9.50. The SMILES string of the molecule is COc1ccccc1CCNC(=O)c1ccnc(Nc2ccc(C(C)=O)cc2)c1. The Morgan fingerprint density at radius 2 is 1.76 bits per heavy atom. The number of carbonyl (C=O) groups excluding carboxylic acids is 2. The van der Waals surface area contributed by atoms with Crippen LogP contribution in [0.2, 0.25) is 0 Å². The van der Waals surface area contributed by atoms with Gasteiger partial charge in [0.2, 0.25) is 0 Å². The maximum atomic E-state index is 12.5. The van der Waals surface area contributed by atoms with Gasteiger partial charge in [0.1, 0.15) is 11.6 Å². The van der Waals surface area contributed by atoms with E-state index in [1.54, 1.807) is 49.7 Å². The van der Waals surface area contributed by atoms with Crippen LogP contribution in [0.4, 0.5) is 11.5 Å². The molecule has 0 saturated carbocycles. The van der Waals surface area contributed by atoms with Gasteiger partial charge in [0.05, 0.1) is 7.11 Å². The van der Waals surface area contributed by atoms with Crippen molar-refractivity contribution in [2.75, 3.05) is 19.0 Å². The highest BCUT2D eigenvalue weighted by molar-refractivity contribution is 5.95. The smallest absolute Gasteiger partial charge is 0.251 e. The molecular formula is C23H23N3O3. The summed E-state index contributed by atoms with van der Waals surface area (Å²) in [7, 11) is 1.64. The zero-order chi connectivity index (χ0) is 20.6. The Labute approximate surface area is 169 Å². The minimum atomic E-state index is -0.169. The molecule has 1 amide bonds. The highest BCUT2D eigenvalue weighted by Gasteiger charge is 2.08. The van der Waals surface area contributed by atoms with Gasteiger partial charge in [-0.3, -0.25) is 9.59 Å². The van der Waals surface area contributed by atoms with Crippen molar-refractivity contribution in [3.8, 4) is 5.75 Å². The molecule has 3 rings (SSSR count). The van der Waals surface area contributed by atoms with Crippen molar-refractivity contribution in [1.29, 1.82) is 0 Å². The zero-order valence-electron chi connectivity index (χ0n) is 16.4. The molecule has 0 bridgehead atoms. The molecule has 0 spiro atoms. The number of ketones is 1. The molecule has 0 unspecified atom stereocenters. The van der Waals surface area contributed by atoms with Gasteiger partial charge in [-0.05, 0) is 61.4 Å². The van der Waals surface area contributed by atoms with Crippen LogP contribution in [-0.4, -0.2) is 30.3 Å². The minimum absolute atomic E-state index is 0.0152. The van der Waals surface area contributed by atoms with Crippen molar-refractivity contribution < 1.29 is 14.3 Å². The summed E-state index contributed by atoms with van der Waals surface area (Å²) in [6.45, 7) is 2.02. The highest BCUT2D eigenvalue weighted by Crippen LogP contribution is 2.18. The number of Topliss-reactive ketones (excluding diaryl/α,β-unsaturated/α-hetero) is 1. The van der Waals surface area contributed by atoms with Gasteiger partial charge in [-0.15, -0.1) is 0 Å². The van der Waals surface area contributed by atoms with Crippen LogP contribution in [0, 0.1) is 0 Å². The van der Waals surface area contributed by atoms with Gasteiger partial charge in [-0.2, -0.15) is 0 Å². The first kappa shape index (κ1) is 20.1. The fourth-order valence-electron chi connectivity index (χ4n) is 2.90. The number of benzene rings is 2. The number of methoxy groups -OCH3 is 1. The number of nitrogens with one attached hydrogen (secondary N) is 2. The first-order valence-corrected chi connectivity index (χ1v) is 9.31. The standard InChI is InChI=1S/C23H23N3O3/c1-16(27)17-7-9-20(10-8-17)26-22-15-19(12-13-24-22)23(28)25-14-11-18-5-3-4-6-21(18)29-2/h3-10,12-13,15H,11,14H2,1-2H3,(H,24,26)(H,25,28). The lowest BCUT2D eigenvalue weighted by Crippen LogP contribution is -2.25. The Bertz CT molecular complexity index is 1000. The van der Waals surface area contributed by atoms with Gasteiger partial charge in [0, 0.05) is 29.6 Å². The van der Waals surface area contributed by atoms with Crippen molar-refractivity contribution in [3.63, 3.8) is 0 Å². The Morgan fingerprint density at radius 1 is 1.00 bits per heavy atom. The third-order valence-electron chi connectivity index (χ3n) is 4.46. The normalized spacial score (nSPS) is 10.3. The molecule has 0 saturated heterocycles. The zero-order valence-corrected chi connectivity index (χ0v) is 16.4. The number of hydrogen-bond donors (Lipinski definition) is 2. The van der Waals surface area contributed by atoms with Crippen LogP contribution in [0.1, 0.15) is 33.2 Å². The van der Waals surface area contributed by atoms with Gasteiger partial charge >= 0.3 is 0 Å². The predicted octanol–water partition coefficient (Wildman–Crippen LogP) is 4.01. The number of nitrogens with zero attached hydrogens (tertiary/aromatic N) is 1. The van der Waals surface area contributed by atoms with Gasteiger partial charge in [0.25, 0.3) is 5.91 Å². The Kier molecular flexibility index (Phi) is 6.58. The van der Waals surface area contributed by atoms with E-state index < -0.39 is 0 Å². The van der Waals surface area contributed by atoms with Crippen LogP contribution < -0.4 is 15.4 Å². The number of amides is 1. The van der Waals surface area contributed by atoms with Crippen LogP contribution >= 0.6 is 0 Å². The van der Waals surface area contributed by atoms with E-state index in [1.165, 1.54) is 6.92 Å². The van der Waals surface area contributed by atoms with E-state index >= 15 is 0 Å². The number of anilines is 2. The summed E-state index contributed by atoms with van der Waals surface area (Å²) < 4.78 is 5.33. The summed E-state index contributed by atoms with van der Waals surface area (Å²) in [5, 5.41) is 6.07. The van der Waals surface area contributed by atoms with Crippen LogP contribution in [0.15, 0.2) is 66.9 Å². The van der Waals surface area contributed by atoms with Gasteiger partial charge in [0.15, 0.2) is 5.78 Å². The van der Waals surface area contributed by atoms with Crippen LogP contribution in [0.5, 0.6) is 5.75 Å². The first-order chi connectivity index (χ1) is 14.1. The topological polar surface area (TPSA) is 80.3 Å². The molecule has 2 aromatic carbocycles. The molecule has 6 nitrogen and oxygen atoms in total. The van der Waals surface area contributed by atoms with Crippen molar-refractivity contribution >= 4 is 23.2 Å². The lowest BCUT2D eigenvalue weighted by atomic mass is 10.1. The molecule has 0 radical (unpaired) electrons. The number of rotatable bonds is 8. The molecule has 1 aromatic heterocycles. The first-order valence-electron chi connectivity index (χ1n) is 9.31. The van der Waals surface area contributed by atoms with E-state index in [4.69, 9.17) is 4.74 Å². The molecule has 29 heavy (non-hydrogen) atoms. The monoisotopic (exact) mass is 389 g/mol. The predicted molar refractivity (Wildman–Crippen MR) is 113 cm³/mol. The number of para-hydroxylation sites is 1. The summed E-state index contributed by atoms with van der Waals surface area (Å²) in [5.74, 6) is 1.21. The van der Waals surface area contributed by atoms with Crippen LogP contribution in [0.3, 0.4) is 0 Å². The lowest BCUT2D eigenvalue weighted by molar-refractivity contribution is 0.0953. The molecular weight excluding hydrogens is 366 g/mol. The van der Waals surface area contributed by atoms with E-state index in [0.717, 1.165) is 17.0 Å². The van der Waals surface area contributed by atoms with Crippen LogP contribution in [0.25, 0.3) is 0 Å². The van der Waals surface area contributed by atoms with E-state index in [2.05, 4.69) is 15.6 Å². The third-order valence-corrected chi connectivity index (χ3v) is 4.46. The fraction of sp³-hybridized carbons (Fsp3) is 0.174. The van der Waals surface area contributed by atoms with Crippen molar-refractivity contribution in [3.05, 3.63) is 83.6 Å². The van der Waals surface area contributed by atoms with Crippen molar-refractivity contribution in [2.45, 2.75) is 13.3 Å². The Hall–Kier alpha value is -3.67. The van der Waals surface area contributed by atoms with E-state index in [1.807, 2.05) is 24.3 Å². The summed E-state index contributed by atoms with van der Waals surface area (Å²) in [5.41, 5.74) is 2.99. The van der Waals surface area contributed by atoms with E-state index in [-0.39, 0.29) is 11.7 Å². The molecule has 1 heterocycles. The minimum Gasteiger partial charge on any atom is -0.496 e. The van der Waals surface area contributed by atoms with Gasteiger partial charge in [-0.25, -0.2) is 4.98 Å². The molecule has 0 aliphatic carbocycles. The number of hydrogen-bond acceptors (Lipinski definition) is 5. The highest BCUT2D eigenvalue weighted by atomic mass is 16.5. The van der Waals surface area contributed by atoms with Crippen molar-refractivity contribution in [2.24, 2.45) is 0 Å². The Balaban J connectivity index is 1.59. The molecule has 0 aliphatic rings. The molecule has 148 valence electrons. The fourth-order valence-corrected chi connectivity index (χ4v) is 2.90. The number of aromatic nitrogens is 1. The van der Waals surface area contributed by atoms with E-state index in [9.17, 15) is 9.59 Å². The quantitative estimate of drug-likeness (QED) is 0.569. The molecule has 0 aliphatic heterocycles. The van der Waals surface area contributed by atoms with E-state index in [0.29, 0.717) is 29.9 Å². The second-order valence-electron chi connectivity index (χ2n) is 6.51. The summed E-state index contributed by atoms with van der Waals surface area (Å²) in [6.07, 6.45) is 2.26. The lowest BCUT2D eigenvalue weighted by Gasteiger charge is -2.10. The van der Waals surface area contributed by atoms with Crippen LogP contribution in [-0.2, 0) is 6.42 Å². The number of carbonyl (C=O) groups is 2. The number of pyridine rings is 1. The maximum absolute atomic E-state index is 12.5. The van der Waals surface area contributed by atoms with Gasteiger partial charge in [-0.1, -0.05) is 18.2 Å². The number of ether oxygens (including phenoxy) is 1. The Morgan fingerprint density at radius 3 is 2.48 bits per heavy atom. The molecule has 0 fully saturated rings. The second-order valence-corrected chi connectivity index (χ2v) is 6.51. The molecule has 2 N–H and O–H groups in total. The van der Waals surface area contributed by atoms with Crippen molar-refractivity contribution in [1.82, 2.24) is 10.3 Å². The largest absolute Gasteiger partial charge is 0.496 e. The third kappa shape index (κ3) is 5.42. The maximum Gasteiger partial charge on any atom is 0.251 e. The average Bonchev–Trinajstić information content (AvgIpc) is 2.74. The van der Waals surface area contributed by atoms with Gasteiger partial charge < -0.3 is 15.4 Å². The molecule has 3 aromatic rings. The summed E-state index contributed by atoms with van der Waals surface area (Å²) in [4.78, 5) is 28.1. The molecule has 0 atom stereocenters.